The Morgan fingerprint density at radius 2 is 2.27 bits per heavy atom. The topological polar surface area (TPSA) is 66.3 Å². The lowest BCUT2D eigenvalue weighted by Gasteiger charge is -2.16. The normalized spacial score (nSPS) is 10.0. The first-order valence-electron chi connectivity index (χ1n) is 4.40. The maximum Gasteiger partial charge on any atom is 0.356 e. The number of aromatic nitrogens is 2. The van der Waals surface area contributed by atoms with Crippen molar-refractivity contribution in [2.75, 3.05) is 30.5 Å². The average molecular weight is 227 g/mol. The van der Waals surface area contributed by atoms with Gasteiger partial charge in [0.05, 0.1) is 12.4 Å². The summed E-state index contributed by atoms with van der Waals surface area (Å²) in [6.45, 7) is 0.863. The second-order valence-corrected chi connectivity index (χ2v) is 3.96. The van der Waals surface area contributed by atoms with E-state index in [-0.39, 0.29) is 5.69 Å². The smallest absolute Gasteiger partial charge is 0.356 e. The van der Waals surface area contributed by atoms with E-state index in [1.54, 1.807) is 11.8 Å². The molecule has 82 valence electrons. The molecule has 0 radical (unpaired) electrons. The van der Waals surface area contributed by atoms with Crippen molar-refractivity contribution >= 4 is 23.5 Å². The number of carboxylic acids is 1. The van der Waals surface area contributed by atoms with Gasteiger partial charge in [0.15, 0.2) is 5.69 Å². The molecule has 0 aliphatic rings. The molecule has 0 saturated carbocycles. The first kappa shape index (κ1) is 11.8. The molecule has 0 saturated heterocycles. The zero-order chi connectivity index (χ0) is 11.3. The quantitative estimate of drug-likeness (QED) is 0.808. The molecule has 0 aliphatic heterocycles. The van der Waals surface area contributed by atoms with Gasteiger partial charge in [-0.15, -0.1) is 0 Å². The van der Waals surface area contributed by atoms with Gasteiger partial charge in [-0.3, -0.25) is 0 Å². The van der Waals surface area contributed by atoms with Gasteiger partial charge in [0.1, 0.15) is 5.82 Å². The lowest BCUT2D eigenvalue weighted by molar-refractivity contribution is 0.0690. The molecule has 6 heteroatoms. The molecule has 0 spiro atoms. The number of rotatable bonds is 5. The Labute approximate surface area is 92.5 Å². The summed E-state index contributed by atoms with van der Waals surface area (Å²) in [6, 6.07) is 0. The second kappa shape index (κ2) is 5.55. The van der Waals surface area contributed by atoms with Crippen molar-refractivity contribution in [3.63, 3.8) is 0 Å². The number of anilines is 1. The van der Waals surface area contributed by atoms with Gasteiger partial charge in [-0.05, 0) is 6.26 Å². The fourth-order valence-corrected chi connectivity index (χ4v) is 1.43. The first-order chi connectivity index (χ1) is 7.15. The van der Waals surface area contributed by atoms with Crippen molar-refractivity contribution in [2.45, 2.75) is 0 Å². The summed E-state index contributed by atoms with van der Waals surface area (Å²) in [6.07, 6.45) is 4.78. The minimum atomic E-state index is -1.05. The van der Waals surface area contributed by atoms with Gasteiger partial charge in [-0.1, -0.05) is 0 Å². The van der Waals surface area contributed by atoms with E-state index in [1.165, 1.54) is 12.4 Å². The molecule has 5 nitrogen and oxygen atoms in total. The van der Waals surface area contributed by atoms with E-state index in [2.05, 4.69) is 9.97 Å². The summed E-state index contributed by atoms with van der Waals surface area (Å²) in [7, 11) is 1.90. The SMILES string of the molecule is CSCCN(C)c1cnc(C(=O)O)cn1. The molecule has 0 unspecified atom stereocenters. The number of nitrogens with zero attached hydrogens (tertiary/aromatic N) is 3. The van der Waals surface area contributed by atoms with Gasteiger partial charge in [-0.25, -0.2) is 14.8 Å². The van der Waals surface area contributed by atoms with Crippen molar-refractivity contribution in [3.8, 4) is 0 Å². The summed E-state index contributed by atoms with van der Waals surface area (Å²) in [5.41, 5.74) is -0.0305. The summed E-state index contributed by atoms with van der Waals surface area (Å²) >= 11 is 1.75. The molecule has 15 heavy (non-hydrogen) atoms. The monoisotopic (exact) mass is 227 g/mol. The fourth-order valence-electron chi connectivity index (χ4n) is 0.972. The summed E-state index contributed by atoms with van der Waals surface area (Å²) in [5.74, 6) is 0.633. The van der Waals surface area contributed by atoms with Crippen molar-refractivity contribution in [3.05, 3.63) is 18.1 Å². The van der Waals surface area contributed by atoms with E-state index < -0.39 is 5.97 Å². The average Bonchev–Trinajstić information content (AvgIpc) is 2.26. The maximum atomic E-state index is 10.5. The Morgan fingerprint density at radius 1 is 1.53 bits per heavy atom. The van der Waals surface area contributed by atoms with Crippen molar-refractivity contribution in [1.29, 1.82) is 0 Å². The largest absolute Gasteiger partial charge is 0.476 e. The maximum absolute atomic E-state index is 10.5. The van der Waals surface area contributed by atoms with E-state index in [0.717, 1.165) is 12.3 Å². The Hall–Kier alpha value is -1.30. The number of carbonyl (C=O) groups is 1. The summed E-state index contributed by atoms with van der Waals surface area (Å²) < 4.78 is 0. The van der Waals surface area contributed by atoms with Crippen LogP contribution in [0.2, 0.25) is 0 Å². The van der Waals surface area contributed by atoms with Crippen LogP contribution >= 0.6 is 11.8 Å². The Balaban J connectivity index is 2.66. The van der Waals surface area contributed by atoms with Crippen molar-refractivity contribution in [1.82, 2.24) is 9.97 Å². The minimum Gasteiger partial charge on any atom is -0.476 e. The summed E-state index contributed by atoms with van der Waals surface area (Å²) in [5, 5.41) is 8.64. The highest BCUT2D eigenvalue weighted by Crippen LogP contribution is 2.07. The van der Waals surface area contributed by atoms with Crippen LogP contribution in [0.1, 0.15) is 10.5 Å². The first-order valence-corrected chi connectivity index (χ1v) is 5.80. The fraction of sp³-hybridized carbons (Fsp3) is 0.444. The molecule has 1 heterocycles. The molecule has 0 fully saturated rings. The van der Waals surface area contributed by atoms with Crippen LogP contribution in [0.25, 0.3) is 0 Å². The van der Waals surface area contributed by atoms with Gasteiger partial charge < -0.3 is 10.0 Å². The Kier molecular flexibility index (Phi) is 4.36. The predicted octanol–water partition coefficient (Wildman–Crippen LogP) is 0.974. The molecule has 0 aliphatic carbocycles. The highest BCUT2D eigenvalue weighted by Gasteiger charge is 2.06. The van der Waals surface area contributed by atoms with Crippen LogP contribution in [0, 0.1) is 0 Å². The van der Waals surface area contributed by atoms with E-state index >= 15 is 0 Å². The minimum absolute atomic E-state index is 0.0305. The number of thioether (sulfide) groups is 1. The second-order valence-electron chi connectivity index (χ2n) is 2.98. The standard InChI is InChI=1S/C9H13N3O2S/c1-12(3-4-15-2)8-6-10-7(5-11-8)9(13)14/h5-6H,3-4H2,1-2H3,(H,13,14). The van der Waals surface area contributed by atoms with Gasteiger partial charge in [0.2, 0.25) is 0 Å². The highest BCUT2D eigenvalue weighted by atomic mass is 32.2. The van der Waals surface area contributed by atoms with Crippen LogP contribution in [0.5, 0.6) is 0 Å². The van der Waals surface area contributed by atoms with Crippen LogP contribution in [0.4, 0.5) is 5.82 Å². The van der Waals surface area contributed by atoms with Gasteiger partial charge >= 0.3 is 5.97 Å². The predicted molar refractivity (Wildman–Crippen MR) is 60.6 cm³/mol. The zero-order valence-electron chi connectivity index (χ0n) is 8.67. The van der Waals surface area contributed by atoms with Crippen LogP contribution in [0.3, 0.4) is 0 Å². The number of carboxylic acid groups (broad SMARTS) is 1. The molecule has 1 aromatic rings. The Bertz CT molecular complexity index is 329. The van der Waals surface area contributed by atoms with Crippen molar-refractivity contribution in [2.24, 2.45) is 0 Å². The van der Waals surface area contributed by atoms with Crippen LogP contribution < -0.4 is 4.90 Å². The van der Waals surface area contributed by atoms with Gasteiger partial charge in [-0.2, -0.15) is 11.8 Å². The summed E-state index contributed by atoms with van der Waals surface area (Å²) in [4.78, 5) is 20.3. The molecule has 0 amide bonds. The number of hydrogen-bond acceptors (Lipinski definition) is 5. The molecular formula is C9H13N3O2S. The van der Waals surface area contributed by atoms with E-state index in [1.807, 2.05) is 18.2 Å². The Morgan fingerprint density at radius 3 is 2.73 bits per heavy atom. The van der Waals surface area contributed by atoms with Crippen LogP contribution in [0.15, 0.2) is 12.4 Å². The third kappa shape index (κ3) is 3.39. The lowest BCUT2D eigenvalue weighted by atomic mass is 10.4. The zero-order valence-corrected chi connectivity index (χ0v) is 9.49. The van der Waals surface area contributed by atoms with Gasteiger partial charge in [0.25, 0.3) is 0 Å². The number of aromatic carboxylic acids is 1. The van der Waals surface area contributed by atoms with Crippen molar-refractivity contribution < 1.29 is 9.90 Å². The molecule has 0 bridgehead atoms. The molecular weight excluding hydrogens is 214 g/mol. The van der Waals surface area contributed by atoms with Crippen LogP contribution in [-0.4, -0.2) is 46.6 Å². The molecule has 1 N–H and O–H groups in total. The third-order valence-corrected chi connectivity index (χ3v) is 2.47. The number of hydrogen-bond donors (Lipinski definition) is 1. The molecule has 1 aromatic heterocycles. The highest BCUT2D eigenvalue weighted by molar-refractivity contribution is 7.98. The van der Waals surface area contributed by atoms with Gasteiger partial charge in [0, 0.05) is 19.3 Å². The van der Waals surface area contributed by atoms with E-state index in [4.69, 9.17) is 5.11 Å². The molecule has 0 atom stereocenters. The molecule has 0 aromatic carbocycles. The van der Waals surface area contributed by atoms with E-state index in [0.29, 0.717) is 5.82 Å². The molecule has 1 rings (SSSR count). The lowest BCUT2D eigenvalue weighted by Crippen LogP contribution is -2.21. The van der Waals surface area contributed by atoms with E-state index in [9.17, 15) is 4.79 Å². The third-order valence-electron chi connectivity index (χ3n) is 1.88. The van der Waals surface area contributed by atoms with Crippen LogP contribution in [-0.2, 0) is 0 Å².